The summed E-state index contributed by atoms with van der Waals surface area (Å²) in [6.07, 6.45) is 0. The first-order valence-corrected chi connectivity index (χ1v) is 8.02. The summed E-state index contributed by atoms with van der Waals surface area (Å²) in [7, 11) is 3.27. The highest BCUT2D eigenvalue weighted by Gasteiger charge is 2.15. The number of amides is 1. The third-order valence-corrected chi connectivity index (χ3v) is 4.01. The molecule has 2 aromatic rings. The Labute approximate surface area is 148 Å². The van der Waals surface area contributed by atoms with E-state index < -0.39 is 0 Å². The highest BCUT2D eigenvalue weighted by molar-refractivity contribution is 5.97. The Balaban J connectivity index is 2.04. The standard InChI is InChI=1S/C20H23NO4/c1-14-7-5-6-8-16(14)12-21(3)20(23)13-25-19-11-17(24-4)9-10-18(19)15(2)22/h5-11H,12-13H2,1-4H3. The summed E-state index contributed by atoms with van der Waals surface area (Å²) in [5, 5.41) is 0. The maximum Gasteiger partial charge on any atom is 0.260 e. The van der Waals surface area contributed by atoms with E-state index in [0.717, 1.165) is 11.1 Å². The van der Waals surface area contributed by atoms with Crippen LogP contribution in [0.15, 0.2) is 42.5 Å². The van der Waals surface area contributed by atoms with Crippen molar-refractivity contribution in [3.05, 3.63) is 59.2 Å². The summed E-state index contributed by atoms with van der Waals surface area (Å²) < 4.78 is 10.7. The number of rotatable bonds is 7. The lowest BCUT2D eigenvalue weighted by atomic mass is 10.1. The molecule has 0 saturated carbocycles. The maximum atomic E-state index is 12.4. The van der Waals surface area contributed by atoms with E-state index in [1.165, 1.54) is 14.0 Å². The van der Waals surface area contributed by atoms with Crippen molar-refractivity contribution in [2.75, 3.05) is 20.8 Å². The first kappa shape index (κ1) is 18.5. The van der Waals surface area contributed by atoms with Crippen LogP contribution in [-0.2, 0) is 11.3 Å². The third-order valence-electron chi connectivity index (χ3n) is 4.01. The predicted molar refractivity (Wildman–Crippen MR) is 96.1 cm³/mol. The number of ketones is 1. The van der Waals surface area contributed by atoms with Gasteiger partial charge in [0.1, 0.15) is 11.5 Å². The second kappa shape index (κ2) is 8.33. The number of benzene rings is 2. The van der Waals surface area contributed by atoms with Gasteiger partial charge in [0.15, 0.2) is 12.4 Å². The molecule has 0 fully saturated rings. The Morgan fingerprint density at radius 3 is 2.48 bits per heavy atom. The summed E-state index contributed by atoms with van der Waals surface area (Å²) in [6, 6.07) is 12.9. The highest BCUT2D eigenvalue weighted by atomic mass is 16.5. The van der Waals surface area contributed by atoms with Crippen molar-refractivity contribution in [2.24, 2.45) is 0 Å². The van der Waals surface area contributed by atoms with Gasteiger partial charge in [0.25, 0.3) is 5.91 Å². The third kappa shape index (κ3) is 4.83. The molecule has 25 heavy (non-hydrogen) atoms. The Morgan fingerprint density at radius 1 is 1.12 bits per heavy atom. The number of Topliss-reactive ketones (excluding diaryl/α,β-unsaturated/α-hetero) is 1. The Morgan fingerprint density at radius 2 is 1.84 bits per heavy atom. The molecule has 0 atom stereocenters. The van der Waals surface area contributed by atoms with Gasteiger partial charge in [-0.2, -0.15) is 0 Å². The van der Waals surface area contributed by atoms with Crippen LogP contribution in [0.4, 0.5) is 0 Å². The molecule has 0 N–H and O–H groups in total. The van der Waals surface area contributed by atoms with Gasteiger partial charge in [-0.25, -0.2) is 0 Å². The van der Waals surface area contributed by atoms with E-state index in [2.05, 4.69) is 0 Å². The number of likely N-dealkylation sites (N-methyl/N-ethyl adjacent to an activating group) is 1. The van der Waals surface area contributed by atoms with Crippen LogP contribution in [-0.4, -0.2) is 37.4 Å². The Hall–Kier alpha value is -2.82. The molecule has 2 rings (SSSR count). The fourth-order valence-corrected chi connectivity index (χ4v) is 2.42. The molecule has 0 bridgehead atoms. The van der Waals surface area contributed by atoms with E-state index in [-0.39, 0.29) is 18.3 Å². The molecule has 5 heteroatoms. The van der Waals surface area contributed by atoms with Gasteiger partial charge in [-0.3, -0.25) is 9.59 Å². The molecular weight excluding hydrogens is 318 g/mol. The molecular formula is C20H23NO4. The maximum absolute atomic E-state index is 12.4. The van der Waals surface area contributed by atoms with Gasteiger partial charge in [-0.05, 0) is 37.1 Å². The minimum Gasteiger partial charge on any atom is -0.497 e. The zero-order chi connectivity index (χ0) is 18.4. The highest BCUT2D eigenvalue weighted by Crippen LogP contribution is 2.25. The number of methoxy groups -OCH3 is 1. The molecule has 0 aliphatic rings. The number of nitrogens with zero attached hydrogens (tertiary/aromatic N) is 1. The fourth-order valence-electron chi connectivity index (χ4n) is 2.42. The second-order valence-corrected chi connectivity index (χ2v) is 5.88. The molecule has 5 nitrogen and oxygen atoms in total. The van der Waals surface area contributed by atoms with Crippen LogP contribution >= 0.6 is 0 Å². The van der Waals surface area contributed by atoms with E-state index in [1.807, 2.05) is 31.2 Å². The van der Waals surface area contributed by atoms with Crippen LogP contribution in [0.2, 0.25) is 0 Å². The topological polar surface area (TPSA) is 55.8 Å². The van der Waals surface area contributed by atoms with Crippen LogP contribution in [0.5, 0.6) is 11.5 Å². The number of hydrogen-bond acceptors (Lipinski definition) is 4. The van der Waals surface area contributed by atoms with Gasteiger partial charge in [0.2, 0.25) is 0 Å². The quantitative estimate of drug-likeness (QED) is 0.726. The van der Waals surface area contributed by atoms with Crippen molar-refractivity contribution in [3.63, 3.8) is 0 Å². The number of ether oxygens (including phenoxy) is 2. The molecule has 132 valence electrons. The number of carbonyl (C=O) groups excluding carboxylic acids is 2. The van der Waals surface area contributed by atoms with Crippen LogP contribution in [0.1, 0.15) is 28.4 Å². The normalized spacial score (nSPS) is 10.2. The molecule has 0 radical (unpaired) electrons. The summed E-state index contributed by atoms with van der Waals surface area (Å²) in [6.45, 7) is 3.84. The summed E-state index contributed by atoms with van der Waals surface area (Å²) in [4.78, 5) is 25.7. The monoisotopic (exact) mass is 341 g/mol. The average Bonchev–Trinajstić information content (AvgIpc) is 2.61. The zero-order valence-electron chi connectivity index (χ0n) is 15.0. The minimum atomic E-state index is -0.166. The lowest BCUT2D eigenvalue weighted by Gasteiger charge is -2.19. The molecule has 0 saturated heterocycles. The van der Waals surface area contributed by atoms with Crippen LogP contribution in [0, 0.1) is 6.92 Å². The SMILES string of the molecule is COc1ccc(C(C)=O)c(OCC(=O)N(C)Cc2ccccc2C)c1. The molecule has 0 heterocycles. The van der Waals surface area contributed by atoms with Crippen LogP contribution < -0.4 is 9.47 Å². The van der Waals surface area contributed by atoms with Gasteiger partial charge in [0, 0.05) is 19.7 Å². The molecule has 2 aromatic carbocycles. The first-order chi connectivity index (χ1) is 11.9. The van der Waals surface area contributed by atoms with Gasteiger partial charge in [-0.1, -0.05) is 24.3 Å². The molecule has 0 spiro atoms. The van der Waals surface area contributed by atoms with E-state index in [4.69, 9.17) is 9.47 Å². The molecule has 0 unspecified atom stereocenters. The van der Waals surface area contributed by atoms with Crippen molar-refractivity contribution in [1.82, 2.24) is 4.90 Å². The fraction of sp³-hybridized carbons (Fsp3) is 0.300. The van der Waals surface area contributed by atoms with Gasteiger partial charge >= 0.3 is 0 Å². The molecule has 0 aromatic heterocycles. The number of hydrogen-bond donors (Lipinski definition) is 0. The lowest BCUT2D eigenvalue weighted by Crippen LogP contribution is -2.31. The van der Waals surface area contributed by atoms with Gasteiger partial charge < -0.3 is 14.4 Å². The summed E-state index contributed by atoms with van der Waals surface area (Å²) in [5.74, 6) is 0.629. The van der Waals surface area contributed by atoms with E-state index in [9.17, 15) is 9.59 Å². The van der Waals surface area contributed by atoms with Crippen molar-refractivity contribution in [3.8, 4) is 11.5 Å². The van der Waals surface area contributed by atoms with Gasteiger partial charge in [0.05, 0.1) is 12.7 Å². The lowest BCUT2D eigenvalue weighted by molar-refractivity contribution is -0.132. The van der Waals surface area contributed by atoms with Crippen molar-refractivity contribution in [2.45, 2.75) is 20.4 Å². The summed E-state index contributed by atoms with van der Waals surface area (Å²) in [5.41, 5.74) is 2.65. The zero-order valence-corrected chi connectivity index (χ0v) is 15.0. The summed E-state index contributed by atoms with van der Waals surface area (Å²) >= 11 is 0. The van der Waals surface area contributed by atoms with E-state index in [1.54, 1.807) is 30.1 Å². The van der Waals surface area contributed by atoms with Crippen molar-refractivity contribution in [1.29, 1.82) is 0 Å². The number of aryl methyl sites for hydroxylation is 1. The van der Waals surface area contributed by atoms with Crippen LogP contribution in [0.3, 0.4) is 0 Å². The second-order valence-electron chi connectivity index (χ2n) is 5.88. The van der Waals surface area contributed by atoms with Crippen LogP contribution in [0.25, 0.3) is 0 Å². The van der Waals surface area contributed by atoms with E-state index >= 15 is 0 Å². The van der Waals surface area contributed by atoms with Gasteiger partial charge in [-0.15, -0.1) is 0 Å². The Kier molecular flexibility index (Phi) is 6.17. The number of carbonyl (C=O) groups is 2. The predicted octanol–water partition coefficient (Wildman–Crippen LogP) is 3.24. The molecule has 0 aliphatic heterocycles. The van der Waals surface area contributed by atoms with Crippen molar-refractivity contribution >= 4 is 11.7 Å². The van der Waals surface area contributed by atoms with E-state index in [0.29, 0.717) is 23.6 Å². The molecule has 0 aliphatic carbocycles. The Bertz CT molecular complexity index is 770. The first-order valence-electron chi connectivity index (χ1n) is 8.02. The minimum absolute atomic E-state index is 0.127. The molecule has 1 amide bonds. The smallest absolute Gasteiger partial charge is 0.260 e. The largest absolute Gasteiger partial charge is 0.497 e. The average molecular weight is 341 g/mol. The van der Waals surface area contributed by atoms with Crippen molar-refractivity contribution < 1.29 is 19.1 Å².